The third-order valence-corrected chi connectivity index (χ3v) is 2.67. The van der Waals surface area contributed by atoms with Gasteiger partial charge in [0, 0.05) is 5.41 Å². The third-order valence-electron chi connectivity index (χ3n) is 2.67. The monoisotopic (exact) mass is 146 g/mol. The topological polar surface area (TPSA) is 40.5 Å². The molecule has 62 valence electrons. The summed E-state index contributed by atoms with van der Waals surface area (Å²) in [5.41, 5.74) is -0.347. The SMILES string of the molecule is CCC(C)([C@H](C)O)[C@H](C)O. The molecule has 0 radical (unpaired) electrons. The van der Waals surface area contributed by atoms with Crippen molar-refractivity contribution in [3.8, 4) is 0 Å². The van der Waals surface area contributed by atoms with E-state index in [1.165, 1.54) is 0 Å². The molecule has 0 aliphatic heterocycles. The summed E-state index contributed by atoms with van der Waals surface area (Å²) in [6.07, 6.45) is -0.0995. The maximum atomic E-state index is 9.28. The normalized spacial score (nSPS) is 18.6. The molecule has 0 rings (SSSR count). The molecule has 0 unspecified atom stereocenters. The maximum Gasteiger partial charge on any atom is 0.0590 e. The molecule has 2 atom stereocenters. The number of aliphatic hydroxyl groups excluding tert-OH is 2. The Hall–Kier alpha value is -0.0800. The van der Waals surface area contributed by atoms with Crippen molar-refractivity contribution in [2.45, 2.75) is 46.3 Å². The zero-order chi connectivity index (χ0) is 8.36. The highest BCUT2D eigenvalue weighted by Crippen LogP contribution is 2.29. The van der Waals surface area contributed by atoms with Gasteiger partial charge in [-0.2, -0.15) is 0 Å². The predicted molar refractivity (Wildman–Crippen MR) is 41.8 cm³/mol. The Labute approximate surface area is 62.9 Å². The Morgan fingerprint density at radius 1 is 1.20 bits per heavy atom. The molecular formula is C8H18O2. The number of hydrogen-bond acceptors (Lipinski definition) is 2. The van der Waals surface area contributed by atoms with E-state index in [2.05, 4.69) is 0 Å². The molecule has 0 aromatic rings. The highest BCUT2D eigenvalue weighted by Gasteiger charge is 2.32. The van der Waals surface area contributed by atoms with Gasteiger partial charge >= 0.3 is 0 Å². The molecule has 0 fully saturated rings. The summed E-state index contributed by atoms with van der Waals surface area (Å²) in [6.45, 7) is 7.30. The van der Waals surface area contributed by atoms with Crippen molar-refractivity contribution in [3.05, 3.63) is 0 Å². The Bertz CT molecular complexity index is 89.4. The Kier molecular flexibility index (Phi) is 3.33. The average Bonchev–Trinajstić information content (AvgIpc) is 1.85. The van der Waals surface area contributed by atoms with Crippen LogP contribution in [0.2, 0.25) is 0 Å². The van der Waals surface area contributed by atoms with Gasteiger partial charge in [0.05, 0.1) is 12.2 Å². The van der Waals surface area contributed by atoms with Crippen molar-refractivity contribution in [1.82, 2.24) is 0 Å². The van der Waals surface area contributed by atoms with Gasteiger partial charge in [-0.25, -0.2) is 0 Å². The second-order valence-corrected chi connectivity index (χ2v) is 3.21. The molecule has 2 N–H and O–H groups in total. The third kappa shape index (κ3) is 1.70. The molecule has 2 heteroatoms. The Balaban J connectivity index is 4.23. The first-order valence-electron chi connectivity index (χ1n) is 3.81. The van der Waals surface area contributed by atoms with Crippen LogP contribution >= 0.6 is 0 Å². The van der Waals surface area contributed by atoms with Crippen molar-refractivity contribution in [3.63, 3.8) is 0 Å². The first-order chi connectivity index (χ1) is 4.45. The van der Waals surface area contributed by atoms with E-state index < -0.39 is 12.2 Å². The molecule has 0 amide bonds. The predicted octanol–water partition coefficient (Wildman–Crippen LogP) is 1.16. The van der Waals surface area contributed by atoms with Gasteiger partial charge < -0.3 is 10.2 Å². The molecule has 0 spiro atoms. The van der Waals surface area contributed by atoms with E-state index in [1.54, 1.807) is 13.8 Å². The smallest absolute Gasteiger partial charge is 0.0590 e. The lowest BCUT2D eigenvalue weighted by atomic mass is 9.78. The largest absolute Gasteiger partial charge is 0.393 e. The van der Waals surface area contributed by atoms with Crippen molar-refractivity contribution in [1.29, 1.82) is 0 Å². The molecule has 0 saturated heterocycles. The van der Waals surface area contributed by atoms with Crippen LogP contribution in [0.1, 0.15) is 34.1 Å². The Morgan fingerprint density at radius 2 is 1.50 bits per heavy atom. The zero-order valence-electron chi connectivity index (χ0n) is 7.26. The van der Waals surface area contributed by atoms with Crippen molar-refractivity contribution >= 4 is 0 Å². The summed E-state index contributed by atoms with van der Waals surface area (Å²) >= 11 is 0. The fourth-order valence-corrected chi connectivity index (χ4v) is 0.940. The summed E-state index contributed by atoms with van der Waals surface area (Å²) in [5.74, 6) is 0. The van der Waals surface area contributed by atoms with Crippen molar-refractivity contribution in [2.24, 2.45) is 5.41 Å². The van der Waals surface area contributed by atoms with Crippen LogP contribution in [0.4, 0.5) is 0 Å². The molecule has 2 nitrogen and oxygen atoms in total. The average molecular weight is 146 g/mol. The summed E-state index contributed by atoms with van der Waals surface area (Å²) in [7, 11) is 0. The first kappa shape index (κ1) is 9.92. The van der Waals surface area contributed by atoms with Crippen molar-refractivity contribution < 1.29 is 10.2 Å². The minimum Gasteiger partial charge on any atom is -0.393 e. The van der Waals surface area contributed by atoms with E-state index in [-0.39, 0.29) is 5.41 Å². The van der Waals surface area contributed by atoms with Gasteiger partial charge in [-0.1, -0.05) is 13.8 Å². The van der Waals surface area contributed by atoms with Gasteiger partial charge in [0.15, 0.2) is 0 Å². The van der Waals surface area contributed by atoms with E-state index in [4.69, 9.17) is 0 Å². The zero-order valence-corrected chi connectivity index (χ0v) is 7.26. The second-order valence-electron chi connectivity index (χ2n) is 3.21. The van der Waals surface area contributed by atoms with Crippen LogP contribution in [0.3, 0.4) is 0 Å². The molecule has 0 bridgehead atoms. The van der Waals surface area contributed by atoms with Gasteiger partial charge in [-0.3, -0.25) is 0 Å². The standard InChI is InChI=1S/C8H18O2/c1-5-8(4,6(2)9)7(3)10/h6-7,9-10H,5H2,1-4H3/t6-,7-/m0/s1. The molecule has 0 aromatic carbocycles. The van der Waals surface area contributed by atoms with E-state index in [0.717, 1.165) is 6.42 Å². The van der Waals surface area contributed by atoms with Gasteiger partial charge in [0.2, 0.25) is 0 Å². The van der Waals surface area contributed by atoms with Gasteiger partial charge in [-0.15, -0.1) is 0 Å². The number of hydrogen-bond donors (Lipinski definition) is 2. The number of aliphatic hydroxyl groups is 2. The van der Waals surface area contributed by atoms with Gasteiger partial charge in [-0.05, 0) is 20.3 Å². The minimum atomic E-state index is -0.447. The van der Waals surface area contributed by atoms with Crippen LogP contribution in [0.5, 0.6) is 0 Å². The summed E-state index contributed by atoms with van der Waals surface area (Å²) in [6, 6.07) is 0. The van der Waals surface area contributed by atoms with Gasteiger partial charge in [0.1, 0.15) is 0 Å². The second kappa shape index (κ2) is 3.35. The van der Waals surface area contributed by atoms with E-state index in [9.17, 15) is 10.2 Å². The number of rotatable bonds is 3. The van der Waals surface area contributed by atoms with Crippen LogP contribution in [0.15, 0.2) is 0 Å². The molecule has 0 aromatic heterocycles. The van der Waals surface area contributed by atoms with Gasteiger partial charge in [0.25, 0.3) is 0 Å². The van der Waals surface area contributed by atoms with E-state index >= 15 is 0 Å². The molecule has 0 aliphatic rings. The molecule has 0 saturated carbocycles. The molecule has 10 heavy (non-hydrogen) atoms. The minimum absolute atomic E-state index is 0.347. The summed E-state index contributed by atoms with van der Waals surface area (Å²) < 4.78 is 0. The molecular weight excluding hydrogens is 128 g/mol. The lowest BCUT2D eigenvalue weighted by molar-refractivity contribution is -0.0439. The van der Waals surface area contributed by atoms with Crippen LogP contribution in [-0.4, -0.2) is 22.4 Å². The van der Waals surface area contributed by atoms with Crippen LogP contribution in [-0.2, 0) is 0 Å². The van der Waals surface area contributed by atoms with E-state index in [0.29, 0.717) is 0 Å². The lowest BCUT2D eigenvalue weighted by Gasteiger charge is -2.34. The van der Waals surface area contributed by atoms with E-state index in [1.807, 2.05) is 13.8 Å². The van der Waals surface area contributed by atoms with Crippen LogP contribution in [0.25, 0.3) is 0 Å². The van der Waals surface area contributed by atoms with Crippen LogP contribution < -0.4 is 0 Å². The fourth-order valence-electron chi connectivity index (χ4n) is 0.940. The maximum absolute atomic E-state index is 9.28. The first-order valence-corrected chi connectivity index (χ1v) is 3.81. The Morgan fingerprint density at radius 3 is 1.50 bits per heavy atom. The fraction of sp³-hybridized carbons (Fsp3) is 1.00. The molecule has 0 heterocycles. The summed E-state index contributed by atoms with van der Waals surface area (Å²) in [4.78, 5) is 0. The van der Waals surface area contributed by atoms with Crippen molar-refractivity contribution in [2.75, 3.05) is 0 Å². The highest BCUT2D eigenvalue weighted by molar-refractivity contribution is 4.82. The quantitative estimate of drug-likeness (QED) is 0.627. The lowest BCUT2D eigenvalue weighted by Crippen LogP contribution is -2.39. The molecule has 0 aliphatic carbocycles. The highest BCUT2D eigenvalue weighted by atomic mass is 16.3. The van der Waals surface area contributed by atoms with Crippen LogP contribution in [0, 0.1) is 5.41 Å². The summed E-state index contributed by atoms with van der Waals surface area (Å²) in [5, 5.41) is 18.6.